The summed E-state index contributed by atoms with van der Waals surface area (Å²) in [6.45, 7) is 16.0. The van der Waals surface area contributed by atoms with E-state index in [-0.39, 0.29) is 5.54 Å². The van der Waals surface area contributed by atoms with Crippen molar-refractivity contribution in [1.82, 2.24) is 5.32 Å². The van der Waals surface area contributed by atoms with Gasteiger partial charge in [-0.1, -0.05) is 31.2 Å². The lowest BCUT2D eigenvalue weighted by atomic mass is 9.85. The minimum atomic E-state index is 0.159. The van der Waals surface area contributed by atoms with Gasteiger partial charge in [-0.25, -0.2) is 0 Å². The van der Waals surface area contributed by atoms with Crippen molar-refractivity contribution in [3.63, 3.8) is 0 Å². The zero-order chi connectivity index (χ0) is 13.8. The molecule has 1 N–H and O–H groups in total. The summed E-state index contributed by atoms with van der Waals surface area (Å²) in [5, 5.41) is 3.52. The van der Waals surface area contributed by atoms with Crippen LogP contribution in [-0.4, -0.2) is 12.1 Å². The maximum Gasteiger partial charge on any atom is 0.0210 e. The zero-order valence-corrected chi connectivity index (χ0v) is 12.8. The largest absolute Gasteiger partial charge is 0.308 e. The molecule has 1 aliphatic rings. The molecule has 0 aromatic rings. The van der Waals surface area contributed by atoms with Crippen molar-refractivity contribution < 1.29 is 0 Å². The van der Waals surface area contributed by atoms with Crippen molar-refractivity contribution in [3.05, 3.63) is 35.5 Å². The van der Waals surface area contributed by atoms with Gasteiger partial charge in [0.15, 0.2) is 0 Å². The van der Waals surface area contributed by atoms with E-state index in [4.69, 9.17) is 0 Å². The average Bonchev–Trinajstić information content (AvgIpc) is 2.25. The van der Waals surface area contributed by atoms with Gasteiger partial charge in [0.2, 0.25) is 0 Å². The van der Waals surface area contributed by atoms with E-state index < -0.39 is 0 Å². The Hall–Kier alpha value is -0.820. The van der Waals surface area contributed by atoms with E-state index in [0.29, 0.717) is 0 Å². The molecule has 0 fully saturated rings. The molecule has 102 valence electrons. The summed E-state index contributed by atoms with van der Waals surface area (Å²) in [4.78, 5) is 0. The Balaban J connectivity index is 2.73. The highest BCUT2D eigenvalue weighted by molar-refractivity contribution is 5.34. The number of allylic oxidation sites excluding steroid dienone is 3. The molecule has 0 aliphatic heterocycles. The molecule has 1 unspecified atom stereocenters. The number of hydrogen-bond acceptors (Lipinski definition) is 1. The summed E-state index contributed by atoms with van der Waals surface area (Å²) in [5.74, 6) is 0.849. The van der Waals surface area contributed by atoms with E-state index >= 15 is 0 Å². The van der Waals surface area contributed by atoms with E-state index in [1.165, 1.54) is 30.4 Å². The minimum Gasteiger partial charge on any atom is -0.308 e. The van der Waals surface area contributed by atoms with Gasteiger partial charge in [0.25, 0.3) is 0 Å². The first-order valence-electron chi connectivity index (χ1n) is 7.08. The third kappa shape index (κ3) is 5.22. The van der Waals surface area contributed by atoms with Crippen molar-refractivity contribution in [1.29, 1.82) is 0 Å². The van der Waals surface area contributed by atoms with Gasteiger partial charge < -0.3 is 5.32 Å². The van der Waals surface area contributed by atoms with Crippen molar-refractivity contribution in [2.24, 2.45) is 5.92 Å². The topological polar surface area (TPSA) is 12.0 Å². The normalized spacial score (nSPS) is 22.3. The zero-order valence-electron chi connectivity index (χ0n) is 12.8. The van der Waals surface area contributed by atoms with Crippen LogP contribution in [0.3, 0.4) is 0 Å². The standard InChI is InChI=1S/C17H29N/c1-7-15(12-18-17(4,5)6)11-16-9-8-13(2)10-14(16)3/h7,11,13,18H,1,8-10,12H2,2-6H3/b15-11+. The smallest absolute Gasteiger partial charge is 0.0210 e. The molecular weight excluding hydrogens is 218 g/mol. The van der Waals surface area contributed by atoms with Gasteiger partial charge in [0, 0.05) is 12.1 Å². The van der Waals surface area contributed by atoms with Gasteiger partial charge in [-0.05, 0) is 64.0 Å². The van der Waals surface area contributed by atoms with E-state index in [9.17, 15) is 0 Å². The van der Waals surface area contributed by atoms with Crippen LogP contribution >= 0.6 is 0 Å². The lowest BCUT2D eigenvalue weighted by molar-refractivity contribution is 0.446. The summed E-state index contributed by atoms with van der Waals surface area (Å²) in [6, 6.07) is 0. The van der Waals surface area contributed by atoms with Gasteiger partial charge in [-0.15, -0.1) is 0 Å². The molecule has 0 aromatic heterocycles. The van der Waals surface area contributed by atoms with Crippen molar-refractivity contribution >= 4 is 0 Å². The van der Waals surface area contributed by atoms with E-state index in [1.54, 1.807) is 5.57 Å². The number of nitrogens with one attached hydrogen (secondary N) is 1. The summed E-state index contributed by atoms with van der Waals surface area (Å²) in [7, 11) is 0. The second-order valence-corrected chi connectivity index (χ2v) is 6.68. The monoisotopic (exact) mass is 247 g/mol. The minimum absolute atomic E-state index is 0.159. The van der Waals surface area contributed by atoms with Gasteiger partial charge in [-0.3, -0.25) is 0 Å². The highest BCUT2D eigenvalue weighted by Gasteiger charge is 2.14. The molecule has 0 saturated carbocycles. The van der Waals surface area contributed by atoms with E-state index in [1.807, 2.05) is 6.08 Å². The average molecular weight is 247 g/mol. The van der Waals surface area contributed by atoms with Crippen LogP contribution in [0.2, 0.25) is 0 Å². The van der Waals surface area contributed by atoms with Crippen LogP contribution in [0, 0.1) is 5.92 Å². The van der Waals surface area contributed by atoms with Crippen LogP contribution in [0.15, 0.2) is 35.5 Å². The fraction of sp³-hybridized carbons (Fsp3) is 0.647. The maximum absolute atomic E-state index is 3.94. The molecule has 0 bridgehead atoms. The molecule has 0 aromatic carbocycles. The fourth-order valence-corrected chi connectivity index (χ4v) is 2.34. The summed E-state index contributed by atoms with van der Waals surface area (Å²) in [5.41, 5.74) is 4.54. The second-order valence-electron chi connectivity index (χ2n) is 6.68. The Morgan fingerprint density at radius 2 is 2.11 bits per heavy atom. The Labute approximate surface area is 113 Å². The van der Waals surface area contributed by atoms with Crippen LogP contribution in [0.5, 0.6) is 0 Å². The molecular formula is C17H29N. The molecule has 0 saturated heterocycles. The fourth-order valence-electron chi connectivity index (χ4n) is 2.34. The Morgan fingerprint density at radius 1 is 1.44 bits per heavy atom. The second kappa shape index (κ2) is 6.38. The highest BCUT2D eigenvalue weighted by atomic mass is 14.9. The first-order chi connectivity index (χ1) is 8.31. The molecule has 0 spiro atoms. The molecule has 1 rings (SSSR count). The van der Waals surface area contributed by atoms with Crippen molar-refractivity contribution in [2.45, 2.75) is 59.4 Å². The van der Waals surface area contributed by atoms with Crippen LogP contribution in [-0.2, 0) is 0 Å². The van der Waals surface area contributed by atoms with E-state index in [0.717, 1.165) is 12.5 Å². The highest BCUT2D eigenvalue weighted by Crippen LogP contribution is 2.30. The first kappa shape index (κ1) is 15.2. The van der Waals surface area contributed by atoms with Crippen LogP contribution in [0.25, 0.3) is 0 Å². The number of hydrogen-bond donors (Lipinski definition) is 1. The van der Waals surface area contributed by atoms with Crippen molar-refractivity contribution in [2.75, 3.05) is 6.54 Å². The molecule has 0 radical (unpaired) electrons. The van der Waals surface area contributed by atoms with E-state index in [2.05, 4.69) is 52.6 Å². The molecule has 1 nitrogen and oxygen atoms in total. The first-order valence-corrected chi connectivity index (χ1v) is 7.08. The van der Waals surface area contributed by atoms with Gasteiger partial charge in [-0.2, -0.15) is 0 Å². The predicted molar refractivity (Wildman–Crippen MR) is 81.8 cm³/mol. The molecule has 1 aliphatic carbocycles. The summed E-state index contributed by atoms with van der Waals surface area (Å²) >= 11 is 0. The SMILES string of the molecule is C=C/C(=C\C1=C(C)CC(C)CC1)CNC(C)(C)C. The molecule has 1 heteroatoms. The Bertz CT molecular complexity index is 352. The van der Waals surface area contributed by atoms with Crippen LogP contribution in [0.4, 0.5) is 0 Å². The summed E-state index contributed by atoms with van der Waals surface area (Å²) in [6.07, 6.45) is 8.12. The Kier molecular flexibility index (Phi) is 5.40. The molecule has 0 amide bonds. The predicted octanol–water partition coefficient (Wildman–Crippen LogP) is 4.62. The van der Waals surface area contributed by atoms with Crippen LogP contribution < -0.4 is 5.32 Å². The Morgan fingerprint density at radius 3 is 2.61 bits per heavy atom. The quantitative estimate of drug-likeness (QED) is 0.715. The maximum atomic E-state index is 3.94. The third-order valence-electron chi connectivity index (χ3n) is 3.55. The van der Waals surface area contributed by atoms with Crippen LogP contribution in [0.1, 0.15) is 53.9 Å². The van der Waals surface area contributed by atoms with Gasteiger partial charge >= 0.3 is 0 Å². The molecule has 0 heterocycles. The molecule has 18 heavy (non-hydrogen) atoms. The number of rotatable bonds is 4. The lowest BCUT2D eigenvalue weighted by Crippen LogP contribution is -2.36. The van der Waals surface area contributed by atoms with Crippen molar-refractivity contribution in [3.8, 4) is 0 Å². The third-order valence-corrected chi connectivity index (χ3v) is 3.55. The van der Waals surface area contributed by atoms with Gasteiger partial charge in [0.05, 0.1) is 0 Å². The molecule has 1 atom stereocenters. The van der Waals surface area contributed by atoms with Gasteiger partial charge in [0.1, 0.15) is 0 Å². The summed E-state index contributed by atoms with van der Waals surface area (Å²) < 4.78 is 0. The lowest BCUT2D eigenvalue weighted by Gasteiger charge is -2.23.